The van der Waals surface area contributed by atoms with Gasteiger partial charge in [-0.2, -0.15) is 0 Å². The van der Waals surface area contributed by atoms with Gasteiger partial charge in [-0.3, -0.25) is 0 Å². The molecule has 0 radical (unpaired) electrons. The first kappa shape index (κ1) is 14.8. The lowest BCUT2D eigenvalue weighted by atomic mass is 10.0. The first-order chi connectivity index (χ1) is 9.74. The second kappa shape index (κ2) is 7.25. The molecule has 0 spiro atoms. The Kier molecular flexibility index (Phi) is 5.36. The van der Waals surface area contributed by atoms with Crippen molar-refractivity contribution < 1.29 is 0 Å². The first-order valence-electron chi connectivity index (χ1n) is 7.54. The van der Waals surface area contributed by atoms with Gasteiger partial charge in [-0.05, 0) is 38.8 Å². The Bertz CT molecular complexity index is 531. The number of nitrogens with zero attached hydrogens (tertiary/aromatic N) is 2. The molecule has 1 N–H and O–H groups in total. The van der Waals surface area contributed by atoms with Crippen molar-refractivity contribution in [3.8, 4) is 0 Å². The fraction of sp³-hybridized carbons (Fsp3) is 0.471. The Labute approximate surface area is 122 Å². The van der Waals surface area contributed by atoms with E-state index < -0.39 is 0 Å². The first-order valence-corrected chi connectivity index (χ1v) is 7.54. The minimum atomic E-state index is 0.329. The zero-order valence-electron chi connectivity index (χ0n) is 12.8. The number of hydrogen-bond donors (Lipinski definition) is 1. The number of aromatic nitrogens is 2. The van der Waals surface area contributed by atoms with Crippen LogP contribution in [0.2, 0.25) is 0 Å². The van der Waals surface area contributed by atoms with Crippen LogP contribution in [0.25, 0.3) is 0 Å². The number of nitrogens with one attached hydrogen (secondary N) is 1. The molecular weight excluding hydrogens is 246 g/mol. The summed E-state index contributed by atoms with van der Waals surface area (Å²) in [7, 11) is 0. The van der Waals surface area contributed by atoms with Gasteiger partial charge >= 0.3 is 0 Å². The lowest BCUT2D eigenvalue weighted by Crippen LogP contribution is -2.24. The summed E-state index contributed by atoms with van der Waals surface area (Å²) in [5.41, 5.74) is 2.74. The van der Waals surface area contributed by atoms with Crippen molar-refractivity contribution in [2.45, 2.75) is 46.2 Å². The largest absolute Gasteiger partial charge is 0.334 e. The molecule has 0 aliphatic heterocycles. The highest BCUT2D eigenvalue weighted by atomic mass is 15.1. The lowest BCUT2D eigenvalue weighted by molar-refractivity contribution is 0.469. The molecule has 2 aromatic rings. The summed E-state index contributed by atoms with van der Waals surface area (Å²) in [5.74, 6) is 1.15. The van der Waals surface area contributed by atoms with Crippen molar-refractivity contribution in [2.24, 2.45) is 0 Å². The topological polar surface area (TPSA) is 29.9 Å². The van der Waals surface area contributed by atoms with Gasteiger partial charge in [0.1, 0.15) is 5.82 Å². The fourth-order valence-corrected chi connectivity index (χ4v) is 2.65. The van der Waals surface area contributed by atoms with Crippen molar-refractivity contribution in [3.63, 3.8) is 0 Å². The minimum absolute atomic E-state index is 0.329. The van der Waals surface area contributed by atoms with Gasteiger partial charge in [-0.25, -0.2) is 4.98 Å². The molecule has 3 nitrogen and oxygen atoms in total. The standard InChI is InChI=1S/C17H25N3/c1-4-18-16(17-19-11-12-20(17)5-2)10-9-15-8-6-7-14(3)13-15/h6-8,11-13,16,18H,4-5,9-10H2,1-3H3. The zero-order valence-corrected chi connectivity index (χ0v) is 12.8. The van der Waals surface area contributed by atoms with Gasteiger partial charge < -0.3 is 9.88 Å². The van der Waals surface area contributed by atoms with Crippen LogP contribution in [0.1, 0.15) is 43.3 Å². The van der Waals surface area contributed by atoms with E-state index >= 15 is 0 Å². The molecule has 108 valence electrons. The van der Waals surface area contributed by atoms with E-state index in [-0.39, 0.29) is 0 Å². The van der Waals surface area contributed by atoms with Gasteiger partial charge in [0.05, 0.1) is 6.04 Å². The SMILES string of the molecule is CCNC(CCc1cccc(C)c1)c1nccn1CC. The molecule has 0 aliphatic carbocycles. The Morgan fingerprint density at radius 1 is 1.30 bits per heavy atom. The van der Waals surface area contributed by atoms with Crippen LogP contribution < -0.4 is 5.32 Å². The Morgan fingerprint density at radius 3 is 2.85 bits per heavy atom. The molecule has 0 saturated heterocycles. The minimum Gasteiger partial charge on any atom is -0.334 e. The fourth-order valence-electron chi connectivity index (χ4n) is 2.65. The van der Waals surface area contributed by atoms with E-state index in [1.807, 2.05) is 6.20 Å². The van der Waals surface area contributed by atoms with E-state index in [9.17, 15) is 0 Å². The van der Waals surface area contributed by atoms with Crippen LogP contribution >= 0.6 is 0 Å². The number of imidazole rings is 1. The normalized spacial score (nSPS) is 12.6. The highest BCUT2D eigenvalue weighted by Crippen LogP contribution is 2.18. The zero-order chi connectivity index (χ0) is 14.4. The smallest absolute Gasteiger partial charge is 0.125 e. The third kappa shape index (κ3) is 3.70. The van der Waals surface area contributed by atoms with Crippen LogP contribution in [0.15, 0.2) is 36.7 Å². The maximum atomic E-state index is 4.54. The van der Waals surface area contributed by atoms with Gasteiger partial charge in [0.15, 0.2) is 0 Å². The second-order valence-electron chi connectivity index (χ2n) is 5.21. The molecule has 1 heterocycles. The average molecular weight is 271 g/mol. The van der Waals surface area contributed by atoms with Gasteiger partial charge in [0.2, 0.25) is 0 Å². The molecule has 1 aromatic carbocycles. The van der Waals surface area contributed by atoms with Crippen LogP contribution in [0.5, 0.6) is 0 Å². The number of benzene rings is 1. The van der Waals surface area contributed by atoms with E-state index in [1.165, 1.54) is 11.1 Å². The van der Waals surface area contributed by atoms with Crippen molar-refractivity contribution in [1.82, 2.24) is 14.9 Å². The van der Waals surface area contributed by atoms with E-state index in [2.05, 4.69) is 66.1 Å². The summed E-state index contributed by atoms with van der Waals surface area (Å²) in [4.78, 5) is 4.54. The number of aryl methyl sites for hydroxylation is 3. The molecular formula is C17H25N3. The van der Waals surface area contributed by atoms with Crippen LogP contribution in [0, 0.1) is 6.92 Å². The molecule has 0 bridgehead atoms. The summed E-state index contributed by atoms with van der Waals surface area (Å²) in [6.07, 6.45) is 6.12. The van der Waals surface area contributed by atoms with Crippen molar-refractivity contribution in [3.05, 3.63) is 53.6 Å². The highest BCUT2D eigenvalue weighted by Gasteiger charge is 2.15. The van der Waals surface area contributed by atoms with E-state index in [1.54, 1.807) is 0 Å². The quantitative estimate of drug-likeness (QED) is 0.835. The van der Waals surface area contributed by atoms with Gasteiger partial charge in [0, 0.05) is 18.9 Å². The molecule has 0 saturated carbocycles. The maximum absolute atomic E-state index is 4.54. The predicted molar refractivity (Wildman–Crippen MR) is 83.8 cm³/mol. The molecule has 2 rings (SSSR count). The average Bonchev–Trinajstić information content (AvgIpc) is 2.92. The van der Waals surface area contributed by atoms with Crippen molar-refractivity contribution in [2.75, 3.05) is 6.54 Å². The van der Waals surface area contributed by atoms with Crippen molar-refractivity contribution >= 4 is 0 Å². The summed E-state index contributed by atoms with van der Waals surface area (Å²) < 4.78 is 2.23. The van der Waals surface area contributed by atoms with Crippen LogP contribution in [-0.4, -0.2) is 16.1 Å². The summed E-state index contributed by atoms with van der Waals surface area (Å²) in [5, 5.41) is 3.56. The molecule has 1 atom stereocenters. The van der Waals surface area contributed by atoms with Gasteiger partial charge in [-0.15, -0.1) is 0 Å². The monoisotopic (exact) mass is 271 g/mol. The highest BCUT2D eigenvalue weighted by molar-refractivity contribution is 5.22. The summed E-state index contributed by atoms with van der Waals surface area (Å²) in [6, 6.07) is 9.10. The Hall–Kier alpha value is -1.61. The van der Waals surface area contributed by atoms with Crippen molar-refractivity contribution in [1.29, 1.82) is 0 Å². The molecule has 3 heteroatoms. The third-order valence-corrected chi connectivity index (χ3v) is 3.65. The van der Waals surface area contributed by atoms with Crippen LogP contribution in [0.3, 0.4) is 0 Å². The predicted octanol–water partition coefficient (Wildman–Crippen LogP) is 3.49. The number of hydrogen-bond acceptors (Lipinski definition) is 2. The maximum Gasteiger partial charge on any atom is 0.125 e. The van der Waals surface area contributed by atoms with E-state index in [4.69, 9.17) is 0 Å². The van der Waals surface area contributed by atoms with Crippen LogP contribution in [-0.2, 0) is 13.0 Å². The molecule has 0 aliphatic rings. The molecule has 20 heavy (non-hydrogen) atoms. The Morgan fingerprint density at radius 2 is 2.15 bits per heavy atom. The number of rotatable bonds is 7. The van der Waals surface area contributed by atoms with Gasteiger partial charge in [-0.1, -0.05) is 36.8 Å². The Balaban J connectivity index is 2.06. The third-order valence-electron chi connectivity index (χ3n) is 3.65. The van der Waals surface area contributed by atoms with Gasteiger partial charge in [0.25, 0.3) is 0 Å². The lowest BCUT2D eigenvalue weighted by Gasteiger charge is -2.18. The summed E-state index contributed by atoms with van der Waals surface area (Å²) >= 11 is 0. The van der Waals surface area contributed by atoms with E-state index in [0.717, 1.165) is 31.8 Å². The molecule has 0 amide bonds. The summed E-state index contributed by atoms with van der Waals surface area (Å²) in [6.45, 7) is 8.40. The van der Waals surface area contributed by atoms with Crippen LogP contribution in [0.4, 0.5) is 0 Å². The van der Waals surface area contributed by atoms with E-state index in [0.29, 0.717) is 6.04 Å². The molecule has 1 unspecified atom stereocenters. The molecule has 0 fully saturated rings. The molecule has 1 aromatic heterocycles. The second-order valence-corrected chi connectivity index (χ2v) is 5.21.